The maximum atomic E-state index is 12.9. The third-order valence-electron chi connectivity index (χ3n) is 1.69. The van der Waals surface area contributed by atoms with E-state index in [-0.39, 0.29) is 12.0 Å². The fourth-order valence-electron chi connectivity index (χ4n) is 0.985. The van der Waals surface area contributed by atoms with Crippen LogP contribution in [0.1, 0.15) is 11.1 Å². The van der Waals surface area contributed by atoms with E-state index in [0.717, 1.165) is 6.07 Å². The molecule has 0 amide bonds. The van der Waals surface area contributed by atoms with Gasteiger partial charge in [0.05, 0.1) is 12.5 Å². The van der Waals surface area contributed by atoms with E-state index >= 15 is 0 Å². The molecule has 0 unspecified atom stereocenters. The average molecular weight is 167 g/mol. The molecule has 12 heavy (non-hydrogen) atoms. The van der Waals surface area contributed by atoms with Gasteiger partial charge in [0.2, 0.25) is 0 Å². The zero-order valence-corrected chi connectivity index (χ0v) is 6.56. The van der Waals surface area contributed by atoms with Crippen molar-refractivity contribution in [3.8, 4) is 6.07 Å². The fourth-order valence-corrected chi connectivity index (χ4v) is 0.985. The van der Waals surface area contributed by atoms with Gasteiger partial charge in [-0.2, -0.15) is 5.26 Å². The normalized spacial score (nSPS) is 9.50. The van der Waals surface area contributed by atoms with Gasteiger partial charge in [-0.05, 0) is 18.6 Å². The molecule has 0 aliphatic carbocycles. The highest BCUT2D eigenvalue weighted by Crippen LogP contribution is 2.16. The molecule has 62 valence electrons. The second-order valence-corrected chi connectivity index (χ2v) is 2.49. The molecular formula is C9H7F2N. The van der Waals surface area contributed by atoms with Crippen LogP contribution in [0, 0.1) is 29.9 Å². The molecule has 0 aliphatic heterocycles. The van der Waals surface area contributed by atoms with Crippen LogP contribution in [0.25, 0.3) is 0 Å². The van der Waals surface area contributed by atoms with Crippen molar-refractivity contribution in [3.63, 3.8) is 0 Å². The van der Waals surface area contributed by atoms with Crippen LogP contribution in [-0.4, -0.2) is 0 Å². The van der Waals surface area contributed by atoms with Gasteiger partial charge in [0.15, 0.2) is 11.6 Å². The molecule has 0 saturated heterocycles. The van der Waals surface area contributed by atoms with Crippen LogP contribution in [0.2, 0.25) is 0 Å². The summed E-state index contributed by atoms with van der Waals surface area (Å²) >= 11 is 0. The van der Waals surface area contributed by atoms with Crippen molar-refractivity contribution < 1.29 is 8.78 Å². The number of aryl methyl sites for hydroxylation is 1. The number of hydrogen-bond acceptors (Lipinski definition) is 1. The van der Waals surface area contributed by atoms with Gasteiger partial charge in [-0.3, -0.25) is 0 Å². The first-order chi connectivity index (χ1) is 5.66. The highest BCUT2D eigenvalue weighted by Gasteiger charge is 2.09. The summed E-state index contributed by atoms with van der Waals surface area (Å²) in [4.78, 5) is 0. The Morgan fingerprint density at radius 3 is 2.67 bits per heavy atom. The number of rotatable bonds is 1. The summed E-state index contributed by atoms with van der Waals surface area (Å²) in [5.74, 6) is -1.80. The molecule has 1 rings (SSSR count). The molecule has 0 N–H and O–H groups in total. The number of benzene rings is 1. The van der Waals surface area contributed by atoms with Crippen LogP contribution in [0.5, 0.6) is 0 Å². The summed E-state index contributed by atoms with van der Waals surface area (Å²) in [6, 6.07) is 4.31. The second kappa shape index (κ2) is 3.31. The predicted octanol–water partition coefficient (Wildman–Crippen LogP) is 2.34. The van der Waals surface area contributed by atoms with Gasteiger partial charge in [-0.25, -0.2) is 8.78 Å². The topological polar surface area (TPSA) is 23.8 Å². The third-order valence-corrected chi connectivity index (χ3v) is 1.69. The molecule has 0 fully saturated rings. The van der Waals surface area contributed by atoms with Crippen molar-refractivity contribution in [1.29, 1.82) is 5.26 Å². The van der Waals surface area contributed by atoms with E-state index < -0.39 is 11.6 Å². The average Bonchev–Trinajstić information content (AvgIpc) is 2.06. The summed E-state index contributed by atoms with van der Waals surface area (Å²) in [6.07, 6.45) is -0.0879. The number of nitrogens with zero attached hydrogens (tertiary/aromatic N) is 1. The van der Waals surface area contributed by atoms with Crippen molar-refractivity contribution >= 4 is 0 Å². The molecular weight excluding hydrogens is 160 g/mol. The molecule has 0 atom stereocenters. The minimum atomic E-state index is -0.906. The van der Waals surface area contributed by atoms with Crippen molar-refractivity contribution in [2.75, 3.05) is 0 Å². The molecule has 1 aromatic carbocycles. The summed E-state index contributed by atoms with van der Waals surface area (Å²) in [5, 5.41) is 8.32. The minimum absolute atomic E-state index is 0.0879. The van der Waals surface area contributed by atoms with Gasteiger partial charge in [-0.15, -0.1) is 0 Å². The van der Waals surface area contributed by atoms with Crippen molar-refractivity contribution in [2.24, 2.45) is 0 Å². The smallest absolute Gasteiger partial charge is 0.163 e. The third kappa shape index (κ3) is 1.42. The molecule has 0 spiro atoms. The summed E-state index contributed by atoms with van der Waals surface area (Å²) in [7, 11) is 0. The van der Waals surface area contributed by atoms with Crippen LogP contribution >= 0.6 is 0 Å². The molecule has 0 radical (unpaired) electrons. The summed E-state index contributed by atoms with van der Waals surface area (Å²) in [5.41, 5.74) is 0.757. The van der Waals surface area contributed by atoms with E-state index in [1.165, 1.54) is 6.07 Å². The van der Waals surface area contributed by atoms with Crippen molar-refractivity contribution in [1.82, 2.24) is 0 Å². The molecule has 0 saturated carbocycles. The predicted molar refractivity (Wildman–Crippen MR) is 40.4 cm³/mol. The summed E-state index contributed by atoms with van der Waals surface area (Å²) in [6.45, 7) is 1.65. The SMILES string of the molecule is Cc1ccc(F)c(F)c1CC#N. The zero-order valence-electron chi connectivity index (χ0n) is 6.56. The lowest BCUT2D eigenvalue weighted by atomic mass is 10.1. The Morgan fingerprint density at radius 1 is 1.42 bits per heavy atom. The largest absolute Gasteiger partial charge is 0.204 e. The molecule has 0 aromatic heterocycles. The van der Waals surface area contributed by atoms with Gasteiger partial charge in [0.1, 0.15) is 0 Å². The Hall–Kier alpha value is -1.43. The zero-order chi connectivity index (χ0) is 9.14. The first-order valence-corrected chi connectivity index (χ1v) is 3.47. The van der Waals surface area contributed by atoms with Gasteiger partial charge in [-0.1, -0.05) is 6.07 Å². The second-order valence-electron chi connectivity index (χ2n) is 2.49. The number of nitriles is 1. The van der Waals surface area contributed by atoms with E-state index in [4.69, 9.17) is 5.26 Å². The van der Waals surface area contributed by atoms with Crippen molar-refractivity contribution in [2.45, 2.75) is 13.3 Å². The van der Waals surface area contributed by atoms with Gasteiger partial charge in [0.25, 0.3) is 0 Å². The lowest BCUT2D eigenvalue weighted by Crippen LogP contribution is -1.96. The maximum Gasteiger partial charge on any atom is 0.163 e. The Labute approximate surface area is 69.2 Å². The number of hydrogen-bond donors (Lipinski definition) is 0. The molecule has 0 heterocycles. The molecule has 1 aromatic rings. The lowest BCUT2D eigenvalue weighted by Gasteiger charge is -2.02. The lowest BCUT2D eigenvalue weighted by molar-refractivity contribution is 0.500. The monoisotopic (exact) mass is 167 g/mol. The van der Waals surface area contributed by atoms with E-state index in [1.54, 1.807) is 13.0 Å². The van der Waals surface area contributed by atoms with Crippen LogP contribution < -0.4 is 0 Å². The quantitative estimate of drug-likeness (QED) is 0.629. The van der Waals surface area contributed by atoms with Gasteiger partial charge < -0.3 is 0 Å². The first-order valence-electron chi connectivity index (χ1n) is 3.47. The first kappa shape index (κ1) is 8.66. The van der Waals surface area contributed by atoms with Crippen LogP contribution in [-0.2, 0) is 6.42 Å². The maximum absolute atomic E-state index is 12.9. The highest BCUT2D eigenvalue weighted by atomic mass is 19.2. The van der Waals surface area contributed by atoms with Crippen molar-refractivity contribution in [3.05, 3.63) is 34.9 Å². The summed E-state index contributed by atoms with van der Waals surface area (Å²) < 4.78 is 25.5. The standard InChI is InChI=1S/C9H7F2N/c1-6-2-3-8(10)9(11)7(6)4-5-12/h2-3H,4H2,1H3. The Bertz CT molecular complexity index is 339. The minimum Gasteiger partial charge on any atom is -0.204 e. The van der Waals surface area contributed by atoms with E-state index in [1.807, 2.05) is 0 Å². The van der Waals surface area contributed by atoms with E-state index in [2.05, 4.69) is 0 Å². The van der Waals surface area contributed by atoms with E-state index in [9.17, 15) is 8.78 Å². The van der Waals surface area contributed by atoms with Crippen LogP contribution in [0.15, 0.2) is 12.1 Å². The molecule has 1 nitrogen and oxygen atoms in total. The molecule has 0 bridgehead atoms. The van der Waals surface area contributed by atoms with Crippen LogP contribution in [0.4, 0.5) is 8.78 Å². The van der Waals surface area contributed by atoms with Gasteiger partial charge >= 0.3 is 0 Å². The molecule has 3 heteroatoms. The molecule has 0 aliphatic rings. The van der Waals surface area contributed by atoms with Crippen LogP contribution in [0.3, 0.4) is 0 Å². The Balaban J connectivity index is 3.25. The Kier molecular flexibility index (Phi) is 2.39. The number of halogens is 2. The fraction of sp³-hybridized carbons (Fsp3) is 0.222. The highest BCUT2D eigenvalue weighted by molar-refractivity contribution is 5.30. The van der Waals surface area contributed by atoms with E-state index in [0.29, 0.717) is 5.56 Å². The van der Waals surface area contributed by atoms with Gasteiger partial charge in [0, 0.05) is 5.56 Å². The Morgan fingerprint density at radius 2 is 2.08 bits per heavy atom.